The maximum absolute atomic E-state index is 14.3. The summed E-state index contributed by atoms with van der Waals surface area (Å²) in [6.07, 6.45) is -0.866. The third kappa shape index (κ3) is 8.10. The number of alkyl halides is 3. The van der Waals surface area contributed by atoms with Gasteiger partial charge in [0.2, 0.25) is 15.9 Å². The number of amides is 1. The van der Waals surface area contributed by atoms with E-state index in [0.29, 0.717) is 12.0 Å². The van der Waals surface area contributed by atoms with Gasteiger partial charge in [-0.1, -0.05) is 36.4 Å². The molecule has 1 atom stereocenters. The van der Waals surface area contributed by atoms with Crippen molar-refractivity contribution in [2.24, 2.45) is 0 Å². The number of benzene rings is 2. The van der Waals surface area contributed by atoms with Gasteiger partial charge >= 0.3 is 6.18 Å². The first-order valence-electron chi connectivity index (χ1n) is 11.3. The van der Waals surface area contributed by atoms with Crippen molar-refractivity contribution in [2.75, 3.05) is 11.0 Å². The summed E-state index contributed by atoms with van der Waals surface area (Å²) in [5.74, 6) is -3.01. The minimum Gasteiger partial charge on any atom is -0.346 e. The maximum Gasteiger partial charge on any atom is 0.433 e. The summed E-state index contributed by atoms with van der Waals surface area (Å²) in [6.45, 7) is 1.45. The standard InChI is InChI=1S/C26H24F5N3O3S/c1-16(19-14-20(27)25(21(28)15-19)34-38(2,36)37)32-24(35)13-10-18-9-12-23(26(29,30)31)33-22(18)11-8-17-6-4-3-5-7-17/h3-7,9-10,12-16,34H,8,11H2,1-2H3,(H,32,35)/b13-10-. The molecule has 38 heavy (non-hydrogen) atoms. The van der Waals surface area contributed by atoms with Crippen LogP contribution in [-0.4, -0.2) is 25.6 Å². The van der Waals surface area contributed by atoms with Gasteiger partial charge in [-0.25, -0.2) is 22.2 Å². The average Bonchev–Trinajstić information content (AvgIpc) is 2.83. The first kappa shape index (κ1) is 28.8. The van der Waals surface area contributed by atoms with Crippen LogP contribution in [0.3, 0.4) is 0 Å². The van der Waals surface area contributed by atoms with Crippen molar-refractivity contribution >= 4 is 27.7 Å². The molecular weight excluding hydrogens is 529 g/mol. The molecule has 2 N–H and O–H groups in total. The number of anilines is 1. The number of sulfonamides is 1. The molecule has 0 bridgehead atoms. The fourth-order valence-electron chi connectivity index (χ4n) is 3.57. The van der Waals surface area contributed by atoms with E-state index in [2.05, 4.69) is 10.3 Å². The van der Waals surface area contributed by atoms with Gasteiger partial charge in [-0.05, 0) is 60.7 Å². The van der Waals surface area contributed by atoms with Gasteiger partial charge in [-0.15, -0.1) is 0 Å². The Morgan fingerprint density at radius 1 is 1.03 bits per heavy atom. The van der Waals surface area contributed by atoms with Crippen molar-refractivity contribution in [1.29, 1.82) is 0 Å². The first-order valence-corrected chi connectivity index (χ1v) is 13.2. The van der Waals surface area contributed by atoms with Crippen molar-refractivity contribution in [3.8, 4) is 0 Å². The molecule has 1 aromatic heterocycles. The molecule has 3 rings (SSSR count). The largest absolute Gasteiger partial charge is 0.433 e. The topological polar surface area (TPSA) is 88.2 Å². The van der Waals surface area contributed by atoms with Crippen LogP contribution in [0.1, 0.15) is 41.0 Å². The molecule has 0 spiro atoms. The van der Waals surface area contributed by atoms with E-state index in [0.717, 1.165) is 36.1 Å². The van der Waals surface area contributed by atoms with Gasteiger partial charge < -0.3 is 5.32 Å². The number of halogens is 5. The highest BCUT2D eigenvalue weighted by Gasteiger charge is 2.32. The fraction of sp³-hybridized carbons (Fsp3) is 0.231. The summed E-state index contributed by atoms with van der Waals surface area (Å²) in [6, 6.07) is 12.1. The second-order valence-electron chi connectivity index (χ2n) is 8.51. The van der Waals surface area contributed by atoms with Crippen molar-refractivity contribution in [3.05, 3.63) is 100 Å². The Kier molecular flexibility index (Phi) is 8.87. The number of carbonyl (C=O) groups is 1. The molecule has 1 amide bonds. The van der Waals surface area contributed by atoms with E-state index >= 15 is 0 Å². The van der Waals surface area contributed by atoms with Crippen LogP contribution in [-0.2, 0) is 33.8 Å². The van der Waals surface area contributed by atoms with Gasteiger partial charge in [0.1, 0.15) is 11.4 Å². The zero-order valence-corrected chi connectivity index (χ0v) is 21.1. The van der Waals surface area contributed by atoms with Crippen molar-refractivity contribution in [1.82, 2.24) is 10.3 Å². The quantitative estimate of drug-likeness (QED) is 0.274. The number of aryl methyl sites for hydroxylation is 2. The number of nitrogens with one attached hydrogen (secondary N) is 2. The summed E-state index contributed by atoms with van der Waals surface area (Å²) in [4.78, 5) is 16.2. The molecule has 3 aromatic rings. The lowest BCUT2D eigenvalue weighted by Crippen LogP contribution is -2.25. The Bertz CT molecular complexity index is 1420. The molecular formula is C26H24F5N3O3S. The highest BCUT2D eigenvalue weighted by molar-refractivity contribution is 7.92. The lowest BCUT2D eigenvalue weighted by Gasteiger charge is -2.15. The number of aromatic nitrogens is 1. The molecule has 202 valence electrons. The highest BCUT2D eigenvalue weighted by atomic mass is 32.2. The average molecular weight is 554 g/mol. The number of pyridine rings is 1. The first-order chi connectivity index (χ1) is 17.7. The Morgan fingerprint density at radius 3 is 2.24 bits per heavy atom. The van der Waals surface area contributed by atoms with E-state index in [1.54, 1.807) is 4.72 Å². The third-order valence-corrected chi connectivity index (χ3v) is 5.99. The third-order valence-electron chi connectivity index (χ3n) is 5.42. The van der Waals surface area contributed by atoms with E-state index in [-0.39, 0.29) is 17.7 Å². The van der Waals surface area contributed by atoms with E-state index in [9.17, 15) is 35.2 Å². The molecule has 0 aliphatic heterocycles. The van der Waals surface area contributed by atoms with Crippen molar-refractivity contribution < 1.29 is 35.2 Å². The normalized spacial score (nSPS) is 12.9. The van der Waals surface area contributed by atoms with Crippen LogP contribution in [0.4, 0.5) is 27.6 Å². The predicted molar refractivity (Wildman–Crippen MR) is 134 cm³/mol. The summed E-state index contributed by atoms with van der Waals surface area (Å²) >= 11 is 0. The SMILES string of the molecule is CC(NC(=O)/C=C\c1ccc(C(F)(F)F)nc1CCc1ccccc1)c1cc(F)c(NS(C)(=O)=O)c(F)c1. The lowest BCUT2D eigenvalue weighted by atomic mass is 10.0. The minimum absolute atomic E-state index is 0.0283. The van der Waals surface area contributed by atoms with E-state index in [4.69, 9.17) is 0 Å². The van der Waals surface area contributed by atoms with E-state index in [1.807, 2.05) is 30.3 Å². The van der Waals surface area contributed by atoms with Crippen LogP contribution < -0.4 is 10.0 Å². The Hall–Kier alpha value is -3.80. The number of rotatable bonds is 9. The highest BCUT2D eigenvalue weighted by Crippen LogP contribution is 2.29. The van der Waals surface area contributed by atoms with Gasteiger partial charge in [0, 0.05) is 11.8 Å². The molecule has 1 heterocycles. The number of hydrogen-bond donors (Lipinski definition) is 2. The molecule has 0 aliphatic carbocycles. The molecule has 0 fully saturated rings. The van der Waals surface area contributed by atoms with Gasteiger partial charge in [0.05, 0.1) is 12.3 Å². The monoisotopic (exact) mass is 553 g/mol. The second-order valence-corrected chi connectivity index (χ2v) is 10.3. The fourth-order valence-corrected chi connectivity index (χ4v) is 4.13. The minimum atomic E-state index is -4.63. The van der Waals surface area contributed by atoms with Gasteiger partial charge in [-0.3, -0.25) is 9.52 Å². The Morgan fingerprint density at radius 2 is 1.66 bits per heavy atom. The predicted octanol–water partition coefficient (Wildman–Crippen LogP) is 5.43. The van der Waals surface area contributed by atoms with E-state index in [1.165, 1.54) is 19.1 Å². The molecule has 0 saturated heterocycles. The van der Waals surface area contributed by atoms with Crippen molar-refractivity contribution in [3.63, 3.8) is 0 Å². The zero-order chi connectivity index (χ0) is 28.1. The van der Waals surface area contributed by atoms with Crippen LogP contribution in [0.5, 0.6) is 0 Å². The van der Waals surface area contributed by atoms with Crippen LogP contribution in [0.2, 0.25) is 0 Å². The van der Waals surface area contributed by atoms with E-state index < -0.39 is 51.2 Å². The Labute approximate surface area is 216 Å². The molecule has 0 radical (unpaired) electrons. The molecule has 6 nitrogen and oxygen atoms in total. The number of carbonyl (C=O) groups excluding carboxylic acids is 1. The van der Waals surface area contributed by atoms with Gasteiger partial charge in [0.15, 0.2) is 11.6 Å². The van der Waals surface area contributed by atoms with Crippen LogP contribution in [0.15, 0.2) is 60.7 Å². The van der Waals surface area contributed by atoms with Crippen LogP contribution in [0.25, 0.3) is 6.08 Å². The second kappa shape index (κ2) is 11.7. The molecule has 0 aliphatic rings. The van der Waals surface area contributed by atoms with Crippen LogP contribution in [0, 0.1) is 11.6 Å². The van der Waals surface area contributed by atoms with Crippen LogP contribution >= 0.6 is 0 Å². The zero-order valence-electron chi connectivity index (χ0n) is 20.3. The smallest absolute Gasteiger partial charge is 0.346 e. The number of nitrogens with zero attached hydrogens (tertiary/aromatic N) is 1. The van der Waals surface area contributed by atoms with Crippen molar-refractivity contribution in [2.45, 2.75) is 32.0 Å². The Balaban J connectivity index is 1.76. The summed E-state index contributed by atoms with van der Waals surface area (Å²) in [5, 5.41) is 2.50. The summed E-state index contributed by atoms with van der Waals surface area (Å²) in [5.41, 5.74) is -0.490. The summed E-state index contributed by atoms with van der Waals surface area (Å²) in [7, 11) is -3.92. The van der Waals surface area contributed by atoms with Gasteiger partial charge in [0.25, 0.3) is 0 Å². The van der Waals surface area contributed by atoms with Gasteiger partial charge in [-0.2, -0.15) is 13.2 Å². The molecule has 1 unspecified atom stereocenters. The lowest BCUT2D eigenvalue weighted by molar-refractivity contribution is -0.141. The number of hydrogen-bond acceptors (Lipinski definition) is 4. The summed E-state index contributed by atoms with van der Waals surface area (Å²) < 4.78 is 92.5. The molecule has 2 aromatic carbocycles. The molecule has 12 heteroatoms. The maximum atomic E-state index is 14.3. The molecule has 0 saturated carbocycles.